The second-order valence-electron chi connectivity index (χ2n) is 28.7. The van der Waals surface area contributed by atoms with Crippen LogP contribution >= 0.6 is 63.7 Å². The minimum atomic E-state index is -4.12. The van der Waals surface area contributed by atoms with E-state index < -0.39 is 50.6 Å². The first-order chi connectivity index (χ1) is 57.5. The van der Waals surface area contributed by atoms with E-state index in [9.17, 15) is 37.2 Å². The summed E-state index contributed by atoms with van der Waals surface area (Å²) in [4.78, 5) is 89.5. The number of pyridine rings is 3. The van der Waals surface area contributed by atoms with Crippen LogP contribution in [0, 0.1) is 6.92 Å². The van der Waals surface area contributed by atoms with E-state index in [-0.39, 0.29) is 51.2 Å². The van der Waals surface area contributed by atoms with E-state index in [0.29, 0.717) is 76.4 Å². The molecule has 5 aliphatic carbocycles. The largest absolute Gasteiger partial charge is 0.348 e. The number of sulfonamides is 1. The van der Waals surface area contributed by atoms with Gasteiger partial charge >= 0.3 is 34.7 Å². The summed E-state index contributed by atoms with van der Waals surface area (Å²) in [6, 6.07) is 69.5. The number of hydrogen-bond acceptors (Lipinski definition) is 14. The third-order valence-electron chi connectivity index (χ3n) is 20.8. The van der Waals surface area contributed by atoms with Gasteiger partial charge in [-0.25, -0.2) is 13.1 Å². The summed E-state index contributed by atoms with van der Waals surface area (Å²) in [5.74, 6) is -0.873. The molecule has 6 aromatic heterocycles. The smallest absolute Gasteiger partial charge is 0.335 e. The van der Waals surface area contributed by atoms with Crippen molar-refractivity contribution >= 4 is 126 Å². The van der Waals surface area contributed by atoms with E-state index in [1.54, 1.807) is 22.8 Å². The average Bonchev–Trinajstić information content (AvgIpc) is 1.60. The van der Waals surface area contributed by atoms with Gasteiger partial charge in [0, 0.05) is 57.4 Å². The van der Waals surface area contributed by atoms with Crippen LogP contribution in [0.15, 0.2) is 256 Å². The molecule has 119 heavy (non-hydrogen) atoms. The van der Waals surface area contributed by atoms with Gasteiger partial charge in [-0.15, -0.1) is 0 Å². The Labute approximate surface area is 727 Å². The second kappa shape index (κ2) is 38.8. The number of H-pyrrole nitrogens is 3. The molecule has 3 amide bonds. The van der Waals surface area contributed by atoms with Crippen LogP contribution in [-0.2, 0) is 103 Å². The highest BCUT2D eigenvalue weighted by atomic mass is 79.9. The predicted molar refractivity (Wildman–Crippen MR) is 471 cm³/mol. The summed E-state index contributed by atoms with van der Waals surface area (Å²) in [6.07, 6.45) is 8.62. The molecule has 2 saturated carbocycles. The van der Waals surface area contributed by atoms with Gasteiger partial charge < -0.3 is 39.3 Å². The number of amides is 3. The number of hydrogen-bond donors (Lipinski definition) is 6. The number of nitrogens with zero attached hydrogens (tertiary/aromatic N) is 3. The third-order valence-corrected chi connectivity index (χ3v) is 24.9. The summed E-state index contributed by atoms with van der Waals surface area (Å²) in [6.45, 7) is 3.36. The Bertz CT molecular complexity index is 6430. The van der Waals surface area contributed by atoms with Crippen LogP contribution in [0.4, 0.5) is 0 Å². The lowest BCUT2D eigenvalue weighted by Gasteiger charge is -2.21. The molecule has 0 bridgehead atoms. The first kappa shape index (κ1) is 85.8. The minimum Gasteiger partial charge on any atom is -0.348 e. The molecule has 5 aliphatic rings. The van der Waals surface area contributed by atoms with Crippen LogP contribution in [0.2, 0.25) is 0 Å². The van der Waals surface area contributed by atoms with Gasteiger partial charge in [-0.2, -0.15) is 25.3 Å². The topological polar surface area (TPSA) is 337 Å². The fourth-order valence-electron chi connectivity index (χ4n) is 15.1. The average molecular weight is 1930 g/mol. The summed E-state index contributed by atoms with van der Waals surface area (Å²) in [7, 11) is -4.12. The summed E-state index contributed by atoms with van der Waals surface area (Å²) in [5.41, 5.74) is 20.7. The molecule has 23 nitrogen and oxygen atoms in total. The molecule has 6 heterocycles. The van der Waals surface area contributed by atoms with E-state index in [1.165, 1.54) is 12.1 Å². The standard InChI is InChI=1S/C32H26BrN3O4S.C28H23Br2N3O2.C28H24BrN3O2.3O2S/c1-20-9-8-10-21(17-20)19-36-29-25(27(33)30(36)32(38)35-41(39,40)24-13-6-3-7-14-24)16-15-23-18-26(31(37)34-28(23)29)22-11-4-2-5-12-22;29-19-9-6-16(7-10-19)15-33-25-21(23(30)26(33)28(35)31-20-11-12-20)13-8-18-14-22(27(34)32-24(18)25)17-4-2-1-3-5-17;29-21-10-6-17(7-11-21)16-32-24(28(34)30-22-12-13-22)15-20-9-8-19-14-23(18-4-2-1-3-5-18)27(33)31-25(19)26(20)32;3*1-3-2/h2-14,17-18H,15-16,19H2,1H3,(H,34,37)(H,35,38);1-7,9-10,14,20H,8,11-13,15H2,(H,31,35)(H,32,34);1-7,10-11,14-15,22H,8-9,12-13,16H2,(H,30,34)(H,31,33);;;. The van der Waals surface area contributed by atoms with Crippen LogP contribution in [0.5, 0.6) is 0 Å². The van der Waals surface area contributed by atoms with Gasteiger partial charge in [0.05, 0.1) is 48.0 Å². The molecule has 13 aromatic rings. The zero-order chi connectivity index (χ0) is 84.2. The fraction of sp³-hybridized carbons (Fsp3) is 0.182. The third kappa shape index (κ3) is 20.0. The van der Waals surface area contributed by atoms with Gasteiger partial charge in [0.25, 0.3) is 44.4 Å². The number of aromatic nitrogens is 6. The van der Waals surface area contributed by atoms with Crippen LogP contribution in [-0.4, -0.2) is 92.1 Å². The van der Waals surface area contributed by atoms with E-state index >= 15 is 0 Å². The van der Waals surface area contributed by atoms with E-state index in [0.717, 1.165) is 160 Å². The first-order valence-electron chi connectivity index (χ1n) is 37.6. The molecule has 31 heteroatoms. The number of carbonyl (C=O) groups is 3. The molecule has 2 fully saturated rings. The van der Waals surface area contributed by atoms with Crippen molar-refractivity contribution < 1.29 is 48.1 Å². The number of fused-ring (bicyclic) bond motifs is 9. The van der Waals surface area contributed by atoms with Crippen molar-refractivity contribution in [1.29, 1.82) is 0 Å². The molecule has 18 rings (SSSR count). The maximum atomic E-state index is 13.8. The Kier molecular flexibility index (Phi) is 28.0. The first-order valence-corrected chi connectivity index (χ1v) is 44.2. The molecule has 7 aromatic carbocycles. The van der Waals surface area contributed by atoms with Crippen LogP contribution in [0.3, 0.4) is 0 Å². The Morgan fingerprint density at radius 1 is 0.403 bits per heavy atom. The fourth-order valence-corrected chi connectivity index (χ4v) is 18.1. The van der Waals surface area contributed by atoms with Crippen molar-refractivity contribution in [3.05, 3.63) is 340 Å². The molecule has 0 unspecified atom stereocenters. The van der Waals surface area contributed by atoms with Crippen molar-refractivity contribution in [1.82, 2.24) is 44.0 Å². The maximum Gasteiger partial charge on any atom is 0.335 e. The minimum absolute atomic E-state index is 0.00542. The molecule has 0 atom stereocenters. The van der Waals surface area contributed by atoms with E-state index in [4.69, 9.17) is 25.3 Å². The number of nitrogens with one attached hydrogen (secondary N) is 6. The number of benzene rings is 7. The number of rotatable bonds is 16. The normalized spacial score (nSPS) is 12.9. The number of carbonyl (C=O) groups excluding carboxylic acids is 3. The Balaban J connectivity index is 0.000000148. The highest BCUT2D eigenvalue weighted by molar-refractivity contribution is 9.11. The van der Waals surface area contributed by atoms with Crippen molar-refractivity contribution in [3.63, 3.8) is 0 Å². The zero-order valence-electron chi connectivity index (χ0n) is 63.3. The van der Waals surface area contributed by atoms with Gasteiger partial charge in [-0.3, -0.25) is 28.8 Å². The molecule has 0 spiro atoms. The number of aryl methyl sites for hydroxylation is 5. The molecular formula is C88H73Br4N9O14S4. The molecule has 0 radical (unpaired) electrons. The lowest BCUT2D eigenvalue weighted by Crippen LogP contribution is -2.32. The van der Waals surface area contributed by atoms with Crippen LogP contribution in [0.1, 0.15) is 113 Å². The van der Waals surface area contributed by atoms with Crippen LogP contribution < -0.4 is 32.0 Å². The summed E-state index contributed by atoms with van der Waals surface area (Å²) in [5, 5.41) is 6.29. The van der Waals surface area contributed by atoms with Crippen molar-refractivity contribution in [3.8, 4) is 67.5 Å². The lowest BCUT2D eigenvalue weighted by molar-refractivity contribution is 0.0933. The van der Waals surface area contributed by atoms with Gasteiger partial charge in [0.1, 0.15) is 17.1 Å². The van der Waals surface area contributed by atoms with Crippen LogP contribution in [0.25, 0.3) is 67.5 Å². The second-order valence-corrected chi connectivity index (χ2v) is 34.2. The summed E-state index contributed by atoms with van der Waals surface area (Å²) < 4.78 is 87.5. The van der Waals surface area contributed by atoms with Gasteiger partial charge in [0.15, 0.2) is 0 Å². The Hall–Kier alpha value is -11.0. The van der Waals surface area contributed by atoms with Crippen molar-refractivity contribution in [2.75, 3.05) is 0 Å². The van der Waals surface area contributed by atoms with Crippen molar-refractivity contribution in [2.45, 2.75) is 108 Å². The van der Waals surface area contributed by atoms with E-state index in [1.807, 2.05) is 171 Å². The molecule has 0 saturated heterocycles. The van der Waals surface area contributed by atoms with Crippen molar-refractivity contribution in [2.24, 2.45) is 0 Å². The lowest BCUT2D eigenvalue weighted by atomic mass is 9.92. The monoisotopic (exact) mass is 1920 g/mol. The number of halogens is 4. The summed E-state index contributed by atoms with van der Waals surface area (Å²) >= 11 is 12.2. The zero-order valence-corrected chi connectivity index (χ0v) is 72.9. The Morgan fingerprint density at radius 3 is 1.18 bits per heavy atom. The van der Waals surface area contributed by atoms with E-state index in [2.05, 4.69) is 127 Å². The Morgan fingerprint density at radius 2 is 0.765 bits per heavy atom. The molecular weight excluding hydrogens is 1850 g/mol. The number of aromatic amines is 3. The van der Waals surface area contributed by atoms with Gasteiger partial charge in [-0.05, 0) is 230 Å². The molecule has 6 N–H and O–H groups in total. The quantitative estimate of drug-likeness (QED) is 0.0524. The maximum absolute atomic E-state index is 13.8. The molecule has 0 aliphatic heterocycles. The highest BCUT2D eigenvalue weighted by Gasteiger charge is 2.37. The predicted octanol–water partition coefficient (Wildman–Crippen LogP) is 15.2. The van der Waals surface area contributed by atoms with Gasteiger partial charge in [-0.1, -0.05) is 195 Å². The SMILES string of the molecule is Cc1cccc(Cn2c(C(=O)NS(=O)(=O)c3ccccc3)c(Br)c3c2-c2[nH]c(=O)c(-c4ccccc4)cc2CC3)c1.O=C(NC1CC1)c1c(Br)c2c(n1Cc1ccc(Br)cc1)-c1[nH]c(=O)c(-c3ccccc3)cc1CC2.O=C(NC1CC1)c1cc2c(n1Cc1ccc(Br)cc1)-c1[nH]c(=O)c(-c3ccccc3)cc1CC2.O=S=O.O=S=O.O=S=O. The highest BCUT2D eigenvalue weighted by Crippen LogP contribution is 2.45. The molecule has 606 valence electrons. The van der Waals surface area contributed by atoms with Gasteiger partial charge in [0.2, 0.25) is 0 Å².